The highest BCUT2D eigenvalue weighted by Gasteiger charge is 2.36. The molecule has 2 saturated heterocycles. The van der Waals surface area contributed by atoms with Gasteiger partial charge in [0.05, 0.1) is 5.02 Å². The molecule has 1 aromatic heterocycles. The Balaban J connectivity index is 1.52. The van der Waals surface area contributed by atoms with Crippen LogP contribution in [-0.2, 0) is 4.79 Å². The van der Waals surface area contributed by atoms with Crippen LogP contribution >= 0.6 is 11.6 Å². The number of halogens is 1. The molecule has 1 aromatic carbocycles. The third-order valence-corrected chi connectivity index (χ3v) is 6.06. The van der Waals surface area contributed by atoms with Crippen LogP contribution in [0.4, 0.5) is 0 Å². The summed E-state index contributed by atoms with van der Waals surface area (Å²) in [6.07, 6.45) is 2.51. The summed E-state index contributed by atoms with van der Waals surface area (Å²) < 4.78 is 5.38. The molecule has 154 valence electrons. The second-order valence-electron chi connectivity index (χ2n) is 7.69. The number of rotatable bonds is 3. The van der Waals surface area contributed by atoms with Crippen molar-refractivity contribution in [3.8, 4) is 11.3 Å². The van der Waals surface area contributed by atoms with E-state index in [2.05, 4.69) is 17.1 Å². The van der Waals surface area contributed by atoms with E-state index in [4.69, 9.17) is 16.1 Å². The molecule has 2 fully saturated rings. The Morgan fingerprint density at radius 3 is 2.62 bits per heavy atom. The molecular weight excluding hydrogens is 392 g/mol. The quantitative estimate of drug-likeness (QED) is 0.769. The lowest BCUT2D eigenvalue weighted by atomic mass is 9.99. The molecule has 3 heterocycles. The van der Waals surface area contributed by atoms with Crippen LogP contribution in [0, 0.1) is 0 Å². The van der Waals surface area contributed by atoms with Crippen molar-refractivity contribution in [3.63, 3.8) is 0 Å². The summed E-state index contributed by atoms with van der Waals surface area (Å²) in [6.45, 7) is 3.67. The molecule has 0 spiro atoms. The van der Waals surface area contributed by atoms with Crippen molar-refractivity contribution in [2.75, 3.05) is 39.8 Å². The molecule has 0 unspecified atom stereocenters. The van der Waals surface area contributed by atoms with Crippen molar-refractivity contribution in [1.29, 1.82) is 0 Å². The van der Waals surface area contributed by atoms with E-state index >= 15 is 0 Å². The van der Waals surface area contributed by atoms with Crippen LogP contribution in [0.15, 0.2) is 34.9 Å². The van der Waals surface area contributed by atoms with Gasteiger partial charge in [0, 0.05) is 44.4 Å². The van der Waals surface area contributed by atoms with Crippen LogP contribution in [0.2, 0.25) is 5.02 Å². The maximum Gasteiger partial charge on any atom is 0.276 e. The number of nitrogens with zero attached hydrogens (tertiary/aromatic N) is 4. The van der Waals surface area contributed by atoms with Crippen molar-refractivity contribution in [1.82, 2.24) is 19.9 Å². The Labute approximate surface area is 175 Å². The molecule has 0 N–H and O–H groups in total. The first kappa shape index (κ1) is 19.9. The normalized spacial score (nSPS) is 20.7. The lowest BCUT2D eigenvalue weighted by molar-refractivity contribution is -0.138. The number of benzene rings is 1. The number of hydrogen-bond donors (Lipinski definition) is 0. The number of likely N-dealkylation sites (N-methyl/N-ethyl adjacent to an activating group) is 1. The van der Waals surface area contributed by atoms with Gasteiger partial charge in [-0.1, -0.05) is 28.9 Å². The zero-order chi connectivity index (χ0) is 20.4. The topological polar surface area (TPSA) is 69.9 Å². The summed E-state index contributed by atoms with van der Waals surface area (Å²) in [5.74, 6) is 0.220. The molecule has 2 aliphatic rings. The first-order valence-corrected chi connectivity index (χ1v) is 10.4. The second kappa shape index (κ2) is 8.55. The number of piperazine rings is 1. The molecule has 0 aliphatic carbocycles. The SMILES string of the molecule is CN1CCN(C(=O)[C@@H]2CCCCN2C(=O)c2cc(-c3ccccc3Cl)on2)CC1. The van der Waals surface area contributed by atoms with E-state index in [1.807, 2.05) is 23.1 Å². The largest absolute Gasteiger partial charge is 0.355 e. The molecule has 4 rings (SSSR count). The summed E-state index contributed by atoms with van der Waals surface area (Å²) >= 11 is 6.22. The van der Waals surface area contributed by atoms with Gasteiger partial charge in [-0.2, -0.15) is 0 Å². The maximum absolute atomic E-state index is 13.2. The number of piperidine rings is 1. The standard InChI is InChI=1S/C21H25ClN4O3/c1-24-10-12-25(13-11-24)21(28)18-8-4-5-9-26(18)20(27)17-14-19(29-23-17)15-6-2-3-7-16(15)22/h2-3,6-7,14,18H,4-5,8-13H2,1H3/t18-/m0/s1. The van der Waals surface area contributed by atoms with E-state index in [0.29, 0.717) is 42.4 Å². The third-order valence-electron chi connectivity index (χ3n) is 5.73. The molecule has 29 heavy (non-hydrogen) atoms. The maximum atomic E-state index is 13.2. The van der Waals surface area contributed by atoms with Gasteiger partial charge in [-0.3, -0.25) is 9.59 Å². The van der Waals surface area contributed by atoms with E-state index in [-0.39, 0.29) is 17.5 Å². The number of aromatic nitrogens is 1. The van der Waals surface area contributed by atoms with Crippen LogP contribution in [0.1, 0.15) is 29.8 Å². The number of likely N-dealkylation sites (tertiary alicyclic amines) is 1. The highest BCUT2D eigenvalue weighted by Crippen LogP contribution is 2.29. The van der Waals surface area contributed by atoms with Gasteiger partial charge in [0.2, 0.25) is 5.91 Å². The predicted octanol–water partition coefficient (Wildman–Crippen LogP) is 2.76. The average Bonchev–Trinajstić information content (AvgIpc) is 3.23. The van der Waals surface area contributed by atoms with E-state index in [0.717, 1.165) is 25.9 Å². The third kappa shape index (κ3) is 4.16. The van der Waals surface area contributed by atoms with E-state index in [9.17, 15) is 9.59 Å². The van der Waals surface area contributed by atoms with Crippen molar-refractivity contribution < 1.29 is 14.1 Å². The van der Waals surface area contributed by atoms with Gasteiger partial charge in [0.25, 0.3) is 5.91 Å². The smallest absolute Gasteiger partial charge is 0.276 e. The minimum atomic E-state index is -0.430. The summed E-state index contributed by atoms with van der Waals surface area (Å²) in [4.78, 5) is 32.1. The fourth-order valence-electron chi connectivity index (χ4n) is 3.98. The molecule has 0 saturated carbocycles. The molecule has 7 nitrogen and oxygen atoms in total. The number of amides is 2. The van der Waals surface area contributed by atoms with Gasteiger partial charge in [0.1, 0.15) is 6.04 Å². The van der Waals surface area contributed by atoms with Crippen LogP contribution in [0.5, 0.6) is 0 Å². The number of hydrogen-bond acceptors (Lipinski definition) is 5. The predicted molar refractivity (Wildman–Crippen MR) is 110 cm³/mol. The van der Waals surface area contributed by atoms with Crippen molar-refractivity contribution in [2.24, 2.45) is 0 Å². The summed E-state index contributed by atoms with van der Waals surface area (Å²) in [5.41, 5.74) is 0.891. The van der Waals surface area contributed by atoms with Gasteiger partial charge in [-0.15, -0.1) is 0 Å². The second-order valence-corrected chi connectivity index (χ2v) is 8.10. The van der Waals surface area contributed by atoms with Crippen LogP contribution in [-0.4, -0.2) is 77.5 Å². The number of carbonyl (C=O) groups is 2. The monoisotopic (exact) mass is 416 g/mol. The van der Waals surface area contributed by atoms with Gasteiger partial charge >= 0.3 is 0 Å². The Morgan fingerprint density at radius 2 is 1.86 bits per heavy atom. The number of carbonyl (C=O) groups excluding carboxylic acids is 2. The Hall–Kier alpha value is -2.38. The van der Waals surface area contributed by atoms with E-state index in [1.165, 1.54) is 0 Å². The van der Waals surface area contributed by atoms with E-state index < -0.39 is 6.04 Å². The molecule has 2 aliphatic heterocycles. The van der Waals surface area contributed by atoms with Crippen LogP contribution in [0.3, 0.4) is 0 Å². The summed E-state index contributed by atoms with van der Waals surface area (Å²) in [7, 11) is 2.05. The lowest BCUT2D eigenvalue weighted by Gasteiger charge is -2.39. The van der Waals surface area contributed by atoms with Gasteiger partial charge in [-0.25, -0.2) is 0 Å². The molecule has 8 heteroatoms. The molecule has 0 radical (unpaired) electrons. The molecular formula is C21H25ClN4O3. The first-order valence-electron chi connectivity index (χ1n) is 10.0. The Morgan fingerprint density at radius 1 is 1.10 bits per heavy atom. The van der Waals surface area contributed by atoms with Gasteiger partial charge in [0.15, 0.2) is 11.5 Å². The Bertz CT molecular complexity index is 892. The minimum absolute atomic E-state index is 0.0426. The first-order chi connectivity index (χ1) is 14.0. The molecule has 1 atom stereocenters. The van der Waals surface area contributed by atoms with Crippen molar-refractivity contribution in [2.45, 2.75) is 25.3 Å². The highest BCUT2D eigenvalue weighted by molar-refractivity contribution is 6.33. The Kier molecular flexibility index (Phi) is 5.87. The molecule has 2 amide bonds. The van der Waals surface area contributed by atoms with Crippen LogP contribution in [0.25, 0.3) is 11.3 Å². The lowest BCUT2D eigenvalue weighted by Crippen LogP contribution is -2.56. The summed E-state index contributed by atoms with van der Waals surface area (Å²) in [5, 5.41) is 4.50. The van der Waals surface area contributed by atoms with Gasteiger partial charge < -0.3 is 19.2 Å². The van der Waals surface area contributed by atoms with Crippen molar-refractivity contribution in [3.05, 3.63) is 41.0 Å². The average molecular weight is 417 g/mol. The highest BCUT2D eigenvalue weighted by atomic mass is 35.5. The molecule has 2 aromatic rings. The zero-order valence-electron chi connectivity index (χ0n) is 16.5. The van der Waals surface area contributed by atoms with Gasteiger partial charge in [-0.05, 0) is 38.4 Å². The fraction of sp³-hybridized carbons (Fsp3) is 0.476. The van der Waals surface area contributed by atoms with E-state index in [1.54, 1.807) is 17.0 Å². The minimum Gasteiger partial charge on any atom is -0.355 e. The fourth-order valence-corrected chi connectivity index (χ4v) is 4.21. The van der Waals surface area contributed by atoms with Crippen LogP contribution < -0.4 is 0 Å². The molecule has 0 bridgehead atoms. The summed E-state index contributed by atoms with van der Waals surface area (Å²) in [6, 6.07) is 8.43. The zero-order valence-corrected chi connectivity index (χ0v) is 17.3. The van der Waals surface area contributed by atoms with Crippen molar-refractivity contribution >= 4 is 23.4 Å².